The first-order chi connectivity index (χ1) is 17.1. The molecule has 0 unspecified atom stereocenters. The van der Waals surface area contributed by atoms with Crippen LogP contribution in [-0.4, -0.2) is 28.6 Å². The van der Waals surface area contributed by atoms with E-state index in [9.17, 15) is 4.79 Å². The van der Waals surface area contributed by atoms with Gasteiger partial charge in [0.15, 0.2) is 0 Å². The number of benzene rings is 3. The first kappa shape index (κ1) is 24.8. The predicted octanol–water partition coefficient (Wildman–Crippen LogP) is 6.15. The Hall–Kier alpha value is -3.31. The molecule has 1 heterocycles. The topological polar surface area (TPSA) is 56.1 Å². The van der Waals surface area contributed by atoms with Gasteiger partial charge in [-0.15, -0.1) is 0 Å². The molecule has 0 saturated heterocycles. The number of para-hydroxylation sites is 2. The van der Waals surface area contributed by atoms with E-state index in [4.69, 9.17) is 21.3 Å². The molecule has 0 aliphatic rings. The van der Waals surface area contributed by atoms with Gasteiger partial charge in [-0.2, -0.15) is 0 Å². The van der Waals surface area contributed by atoms with Crippen molar-refractivity contribution in [3.05, 3.63) is 94.8 Å². The zero-order valence-electron chi connectivity index (χ0n) is 20.2. The van der Waals surface area contributed by atoms with Crippen molar-refractivity contribution in [2.45, 2.75) is 45.6 Å². The molecular weight excluding hydrogens is 458 g/mol. The van der Waals surface area contributed by atoms with E-state index in [0.717, 1.165) is 60.4 Å². The molecule has 0 spiro atoms. The van der Waals surface area contributed by atoms with Crippen LogP contribution < -0.4 is 10.1 Å². The third-order valence-electron chi connectivity index (χ3n) is 6.01. The lowest BCUT2D eigenvalue weighted by molar-refractivity contribution is -0.120. The quantitative estimate of drug-likeness (QED) is 0.243. The van der Waals surface area contributed by atoms with Gasteiger partial charge in [0.05, 0.1) is 24.0 Å². The fourth-order valence-electron chi connectivity index (χ4n) is 4.22. The Morgan fingerprint density at radius 2 is 1.83 bits per heavy atom. The lowest BCUT2D eigenvalue weighted by atomic mass is 10.1. The maximum Gasteiger partial charge on any atom is 0.224 e. The first-order valence-corrected chi connectivity index (χ1v) is 12.6. The SMILES string of the molecule is Cc1cccc(OCCn2c(CCCCCNC(=O)Cc3ccccc3Cl)nc3ccccc32)c1. The summed E-state index contributed by atoms with van der Waals surface area (Å²) in [5.41, 5.74) is 4.21. The summed E-state index contributed by atoms with van der Waals surface area (Å²) >= 11 is 6.14. The molecule has 0 aliphatic carbocycles. The van der Waals surface area contributed by atoms with Crippen molar-refractivity contribution in [2.75, 3.05) is 13.2 Å². The highest BCUT2D eigenvalue weighted by atomic mass is 35.5. The molecule has 1 amide bonds. The number of aryl methyl sites for hydroxylation is 2. The number of ether oxygens (including phenoxy) is 1. The summed E-state index contributed by atoms with van der Waals surface area (Å²) in [7, 11) is 0. The fraction of sp³-hybridized carbons (Fsp3) is 0.310. The van der Waals surface area contributed by atoms with E-state index in [-0.39, 0.29) is 5.91 Å². The second-order valence-corrected chi connectivity index (χ2v) is 9.17. The van der Waals surface area contributed by atoms with E-state index in [1.54, 1.807) is 0 Å². The molecule has 0 fully saturated rings. The monoisotopic (exact) mass is 489 g/mol. The smallest absolute Gasteiger partial charge is 0.224 e. The Morgan fingerprint density at radius 3 is 2.69 bits per heavy atom. The molecule has 0 radical (unpaired) electrons. The highest BCUT2D eigenvalue weighted by Gasteiger charge is 2.11. The third kappa shape index (κ3) is 7.09. The number of halogens is 1. The fourth-order valence-corrected chi connectivity index (χ4v) is 4.42. The Kier molecular flexibility index (Phi) is 8.79. The van der Waals surface area contributed by atoms with Crippen LogP contribution in [0.3, 0.4) is 0 Å². The van der Waals surface area contributed by atoms with E-state index < -0.39 is 0 Å². The van der Waals surface area contributed by atoms with Gasteiger partial charge in [0.2, 0.25) is 5.91 Å². The van der Waals surface area contributed by atoms with Gasteiger partial charge in [-0.05, 0) is 61.2 Å². The Morgan fingerprint density at radius 1 is 1.00 bits per heavy atom. The lowest BCUT2D eigenvalue weighted by Gasteiger charge is -2.11. The molecule has 0 saturated carbocycles. The van der Waals surface area contributed by atoms with Gasteiger partial charge in [0.25, 0.3) is 0 Å². The van der Waals surface area contributed by atoms with Gasteiger partial charge in [-0.3, -0.25) is 4.79 Å². The molecule has 1 N–H and O–H groups in total. The summed E-state index contributed by atoms with van der Waals surface area (Å²) in [6.45, 7) is 4.08. The van der Waals surface area contributed by atoms with Crippen LogP contribution in [0.4, 0.5) is 0 Å². The second-order valence-electron chi connectivity index (χ2n) is 8.76. The number of aromatic nitrogens is 2. The number of amides is 1. The lowest BCUT2D eigenvalue weighted by Crippen LogP contribution is -2.26. The molecule has 1 aromatic heterocycles. The zero-order chi connectivity index (χ0) is 24.5. The predicted molar refractivity (Wildman–Crippen MR) is 142 cm³/mol. The van der Waals surface area contributed by atoms with Gasteiger partial charge in [0.1, 0.15) is 18.2 Å². The second kappa shape index (κ2) is 12.4. The Balaban J connectivity index is 1.24. The van der Waals surface area contributed by atoms with E-state index in [0.29, 0.717) is 24.6 Å². The molecule has 35 heavy (non-hydrogen) atoms. The van der Waals surface area contributed by atoms with Gasteiger partial charge in [-0.1, -0.05) is 60.5 Å². The minimum atomic E-state index is 0.00787. The van der Waals surface area contributed by atoms with Crippen molar-refractivity contribution in [3.8, 4) is 5.75 Å². The number of imidazole rings is 1. The molecule has 5 nitrogen and oxygen atoms in total. The molecule has 3 aromatic carbocycles. The highest BCUT2D eigenvalue weighted by Crippen LogP contribution is 2.19. The van der Waals surface area contributed by atoms with Crippen molar-refractivity contribution in [1.82, 2.24) is 14.9 Å². The van der Waals surface area contributed by atoms with Crippen LogP contribution >= 0.6 is 11.6 Å². The average Bonchev–Trinajstić information content (AvgIpc) is 3.20. The molecule has 0 atom stereocenters. The normalized spacial score (nSPS) is 11.0. The molecule has 0 aliphatic heterocycles. The molecule has 182 valence electrons. The minimum absolute atomic E-state index is 0.00787. The Labute approximate surface area is 212 Å². The van der Waals surface area contributed by atoms with E-state index in [2.05, 4.69) is 47.1 Å². The van der Waals surface area contributed by atoms with Crippen LogP contribution in [0, 0.1) is 6.92 Å². The number of hydrogen-bond acceptors (Lipinski definition) is 3. The number of unbranched alkanes of at least 4 members (excludes halogenated alkanes) is 2. The van der Waals surface area contributed by atoms with Gasteiger partial charge in [-0.25, -0.2) is 4.98 Å². The van der Waals surface area contributed by atoms with Crippen LogP contribution in [0.5, 0.6) is 5.75 Å². The van der Waals surface area contributed by atoms with Gasteiger partial charge < -0.3 is 14.6 Å². The third-order valence-corrected chi connectivity index (χ3v) is 6.38. The summed E-state index contributed by atoms with van der Waals surface area (Å²) in [5, 5.41) is 3.64. The van der Waals surface area contributed by atoms with Crippen molar-refractivity contribution in [3.63, 3.8) is 0 Å². The largest absolute Gasteiger partial charge is 0.492 e. The Bertz CT molecular complexity index is 1270. The van der Waals surface area contributed by atoms with Crippen molar-refractivity contribution in [1.29, 1.82) is 0 Å². The first-order valence-electron chi connectivity index (χ1n) is 12.2. The van der Waals surface area contributed by atoms with Crippen LogP contribution in [0.2, 0.25) is 5.02 Å². The van der Waals surface area contributed by atoms with Gasteiger partial charge >= 0.3 is 0 Å². The number of nitrogens with zero attached hydrogens (tertiary/aromatic N) is 2. The highest BCUT2D eigenvalue weighted by molar-refractivity contribution is 6.31. The number of nitrogens with one attached hydrogen (secondary N) is 1. The maximum atomic E-state index is 12.2. The number of hydrogen-bond donors (Lipinski definition) is 1. The number of carbonyl (C=O) groups is 1. The van der Waals surface area contributed by atoms with Crippen LogP contribution in [0.1, 0.15) is 36.2 Å². The molecular formula is C29H32ClN3O2. The van der Waals surface area contributed by atoms with Crippen LogP contribution in [0.15, 0.2) is 72.8 Å². The summed E-state index contributed by atoms with van der Waals surface area (Å²) in [5.74, 6) is 1.99. The summed E-state index contributed by atoms with van der Waals surface area (Å²) in [4.78, 5) is 17.1. The molecule has 0 bridgehead atoms. The summed E-state index contributed by atoms with van der Waals surface area (Å²) in [6.07, 6.45) is 4.18. The average molecular weight is 490 g/mol. The van der Waals surface area contributed by atoms with Crippen molar-refractivity contribution >= 4 is 28.5 Å². The van der Waals surface area contributed by atoms with E-state index in [1.165, 1.54) is 5.56 Å². The molecule has 6 heteroatoms. The van der Waals surface area contributed by atoms with E-state index >= 15 is 0 Å². The maximum absolute atomic E-state index is 12.2. The standard InChI is InChI=1S/C29H32ClN3O2/c1-22-10-9-12-24(20-22)35-19-18-33-27-15-7-6-14-26(27)32-28(33)16-3-2-8-17-31-29(34)21-23-11-4-5-13-25(23)30/h4-7,9-15,20H,2-3,8,16-19,21H2,1H3,(H,31,34). The van der Waals surface area contributed by atoms with Crippen molar-refractivity contribution < 1.29 is 9.53 Å². The number of rotatable bonds is 12. The zero-order valence-corrected chi connectivity index (χ0v) is 20.9. The number of carbonyl (C=O) groups excluding carboxylic acids is 1. The summed E-state index contributed by atoms with van der Waals surface area (Å²) in [6, 6.07) is 23.9. The molecule has 4 rings (SSSR count). The van der Waals surface area contributed by atoms with Crippen molar-refractivity contribution in [2.24, 2.45) is 0 Å². The number of fused-ring (bicyclic) bond motifs is 1. The van der Waals surface area contributed by atoms with Gasteiger partial charge in [0, 0.05) is 18.0 Å². The summed E-state index contributed by atoms with van der Waals surface area (Å²) < 4.78 is 8.27. The minimum Gasteiger partial charge on any atom is -0.492 e. The van der Waals surface area contributed by atoms with E-state index in [1.807, 2.05) is 42.5 Å². The van der Waals surface area contributed by atoms with Crippen LogP contribution in [-0.2, 0) is 24.2 Å². The van der Waals surface area contributed by atoms with Crippen LogP contribution in [0.25, 0.3) is 11.0 Å². The molecule has 4 aromatic rings.